The van der Waals surface area contributed by atoms with Gasteiger partial charge in [0.25, 0.3) is 0 Å². The molecule has 0 fully saturated rings. The highest BCUT2D eigenvalue weighted by Crippen LogP contribution is 2.30. The third-order valence-electron chi connectivity index (χ3n) is 3.61. The molecule has 0 aromatic heterocycles. The third kappa shape index (κ3) is 3.20. The number of nitrogens with two attached hydrogens (primary N) is 1. The Labute approximate surface area is 135 Å². The summed E-state index contributed by atoms with van der Waals surface area (Å²) in [5, 5.41) is 0. The average molecular weight is 366 g/mol. The van der Waals surface area contributed by atoms with Crippen molar-refractivity contribution in [3.05, 3.63) is 58.1 Å². The maximum Gasteiger partial charge on any atom is 0.0946 e. The molecule has 1 aliphatic rings. The van der Waals surface area contributed by atoms with Crippen molar-refractivity contribution in [2.24, 2.45) is 0 Å². The molecule has 2 aromatic carbocycles. The molecule has 0 aliphatic carbocycles. The van der Waals surface area contributed by atoms with Crippen LogP contribution in [0.2, 0.25) is 0 Å². The van der Waals surface area contributed by atoms with Crippen LogP contribution in [0.15, 0.2) is 51.8 Å². The van der Waals surface area contributed by atoms with Crippen LogP contribution in [-0.4, -0.2) is 16.6 Å². The number of nitrogen functional groups attached to an aromatic ring is 1. The van der Waals surface area contributed by atoms with E-state index in [-0.39, 0.29) is 6.10 Å². The van der Waals surface area contributed by atoms with Gasteiger partial charge in [-0.25, -0.2) is 0 Å². The zero-order chi connectivity index (χ0) is 14.8. The summed E-state index contributed by atoms with van der Waals surface area (Å²) in [5.41, 5.74) is 8.94. The van der Waals surface area contributed by atoms with Gasteiger partial charge in [-0.05, 0) is 35.7 Å². The van der Waals surface area contributed by atoms with Crippen LogP contribution in [0.1, 0.15) is 17.2 Å². The zero-order valence-electron chi connectivity index (χ0n) is 11.4. The quantitative estimate of drug-likeness (QED) is 0.847. The van der Waals surface area contributed by atoms with Crippen LogP contribution in [0.25, 0.3) is 0 Å². The Kier molecular flexibility index (Phi) is 4.42. The van der Waals surface area contributed by atoms with E-state index in [0.717, 1.165) is 16.5 Å². The van der Waals surface area contributed by atoms with Gasteiger partial charge in [0.2, 0.25) is 0 Å². The maximum absolute atomic E-state index is 12.6. The summed E-state index contributed by atoms with van der Waals surface area (Å²) in [5.74, 6) is 0.433. The van der Waals surface area contributed by atoms with Crippen LogP contribution in [0.5, 0.6) is 0 Å². The molecule has 0 saturated carbocycles. The Morgan fingerprint density at radius 3 is 2.90 bits per heavy atom. The second-order valence-corrected chi connectivity index (χ2v) is 7.38. The Morgan fingerprint density at radius 2 is 2.10 bits per heavy atom. The van der Waals surface area contributed by atoms with Gasteiger partial charge < -0.3 is 10.5 Å². The van der Waals surface area contributed by atoms with Gasteiger partial charge in [-0.3, -0.25) is 4.21 Å². The lowest BCUT2D eigenvalue weighted by molar-refractivity contribution is 0.0582. The van der Waals surface area contributed by atoms with Gasteiger partial charge >= 0.3 is 0 Å². The zero-order valence-corrected chi connectivity index (χ0v) is 13.8. The van der Waals surface area contributed by atoms with Gasteiger partial charge in [-0.15, -0.1) is 0 Å². The summed E-state index contributed by atoms with van der Waals surface area (Å²) in [6.45, 7) is 0.675. The number of halogens is 1. The van der Waals surface area contributed by atoms with Gasteiger partial charge in [-0.2, -0.15) is 0 Å². The van der Waals surface area contributed by atoms with Crippen molar-refractivity contribution in [1.82, 2.24) is 0 Å². The van der Waals surface area contributed by atoms with E-state index in [9.17, 15) is 4.21 Å². The van der Waals surface area contributed by atoms with Crippen molar-refractivity contribution in [1.29, 1.82) is 0 Å². The first kappa shape index (κ1) is 14.8. The fraction of sp³-hybridized carbons (Fsp3) is 0.250. The van der Waals surface area contributed by atoms with Gasteiger partial charge in [-0.1, -0.05) is 40.2 Å². The smallest absolute Gasteiger partial charge is 0.0946 e. The van der Waals surface area contributed by atoms with Crippen molar-refractivity contribution in [2.75, 3.05) is 18.1 Å². The number of hydrogen-bond acceptors (Lipinski definition) is 3. The Bertz CT molecular complexity index is 690. The lowest BCUT2D eigenvalue weighted by atomic mass is 9.99. The molecule has 0 spiro atoms. The molecule has 1 aliphatic heterocycles. The summed E-state index contributed by atoms with van der Waals surface area (Å²) in [4.78, 5) is 0.671. The number of rotatable bonds is 3. The van der Waals surface area contributed by atoms with Gasteiger partial charge in [0.1, 0.15) is 0 Å². The maximum atomic E-state index is 12.6. The summed E-state index contributed by atoms with van der Waals surface area (Å²) in [6.07, 6.45) is 0.790. The van der Waals surface area contributed by atoms with E-state index in [4.69, 9.17) is 10.5 Å². The summed E-state index contributed by atoms with van der Waals surface area (Å²) >= 11 is 3.36. The van der Waals surface area contributed by atoms with Crippen LogP contribution < -0.4 is 5.73 Å². The number of fused-ring (bicyclic) bond motifs is 1. The predicted molar refractivity (Wildman–Crippen MR) is 88.7 cm³/mol. The van der Waals surface area contributed by atoms with Gasteiger partial charge in [0.15, 0.2) is 0 Å². The molecule has 2 aromatic rings. The molecular weight excluding hydrogens is 350 g/mol. The predicted octanol–water partition coefficient (Wildman–Crippen LogP) is 3.45. The van der Waals surface area contributed by atoms with Crippen LogP contribution in [-0.2, 0) is 22.0 Å². The second-order valence-electron chi connectivity index (χ2n) is 5.00. The highest BCUT2D eigenvalue weighted by atomic mass is 79.9. The van der Waals surface area contributed by atoms with Crippen LogP contribution >= 0.6 is 15.9 Å². The van der Waals surface area contributed by atoms with Crippen molar-refractivity contribution < 1.29 is 8.95 Å². The highest BCUT2D eigenvalue weighted by molar-refractivity contribution is 9.10. The first-order valence-electron chi connectivity index (χ1n) is 6.78. The number of benzene rings is 2. The molecule has 0 bridgehead atoms. The van der Waals surface area contributed by atoms with E-state index in [1.54, 1.807) is 6.07 Å². The Hall–Kier alpha value is -1.17. The standard InChI is InChI=1S/C16H16BrNO2S/c17-12-5-6-16(14(18)9-12)21(19)10-15-13-4-2-1-3-11(13)7-8-20-15/h1-6,9,15H,7-8,10,18H2. The van der Waals surface area contributed by atoms with Gasteiger partial charge in [0.05, 0.1) is 34.2 Å². The molecule has 3 rings (SSSR count). The van der Waals surface area contributed by atoms with E-state index < -0.39 is 10.8 Å². The first-order chi connectivity index (χ1) is 10.1. The summed E-state index contributed by atoms with van der Waals surface area (Å²) in [6, 6.07) is 13.7. The van der Waals surface area contributed by atoms with Crippen molar-refractivity contribution >= 4 is 32.4 Å². The van der Waals surface area contributed by atoms with E-state index in [1.165, 1.54) is 5.56 Å². The van der Waals surface area contributed by atoms with E-state index in [0.29, 0.717) is 22.9 Å². The molecule has 0 saturated heterocycles. The molecule has 0 amide bonds. The molecule has 21 heavy (non-hydrogen) atoms. The normalized spacial score (nSPS) is 19.0. The summed E-state index contributed by atoms with van der Waals surface area (Å²) < 4.78 is 19.3. The lowest BCUT2D eigenvalue weighted by Gasteiger charge is -2.25. The molecule has 3 nitrogen and oxygen atoms in total. The topological polar surface area (TPSA) is 52.3 Å². The molecule has 5 heteroatoms. The number of anilines is 1. The van der Waals surface area contributed by atoms with E-state index in [2.05, 4.69) is 28.1 Å². The fourth-order valence-corrected chi connectivity index (χ4v) is 4.22. The first-order valence-corrected chi connectivity index (χ1v) is 8.89. The molecule has 110 valence electrons. The lowest BCUT2D eigenvalue weighted by Crippen LogP contribution is -2.21. The van der Waals surface area contributed by atoms with Crippen LogP contribution in [0.3, 0.4) is 0 Å². The monoisotopic (exact) mass is 365 g/mol. The molecule has 1 heterocycles. The highest BCUT2D eigenvalue weighted by Gasteiger charge is 2.23. The summed E-state index contributed by atoms with van der Waals surface area (Å²) in [7, 11) is -1.18. The average Bonchev–Trinajstić information content (AvgIpc) is 2.47. The van der Waals surface area contributed by atoms with Crippen LogP contribution in [0.4, 0.5) is 5.69 Å². The SMILES string of the molecule is Nc1cc(Br)ccc1S(=O)CC1OCCc2ccccc21. The minimum Gasteiger partial charge on any atom is -0.398 e. The molecule has 0 radical (unpaired) electrons. The van der Waals surface area contributed by atoms with E-state index >= 15 is 0 Å². The number of ether oxygens (including phenoxy) is 1. The Balaban J connectivity index is 1.83. The second kappa shape index (κ2) is 6.30. The Morgan fingerprint density at radius 1 is 1.29 bits per heavy atom. The van der Waals surface area contributed by atoms with Crippen LogP contribution in [0, 0.1) is 0 Å². The molecule has 2 N–H and O–H groups in total. The minimum absolute atomic E-state index is 0.126. The van der Waals surface area contributed by atoms with Crippen molar-refractivity contribution in [3.8, 4) is 0 Å². The minimum atomic E-state index is -1.18. The van der Waals surface area contributed by atoms with Gasteiger partial charge in [0, 0.05) is 10.2 Å². The van der Waals surface area contributed by atoms with Crippen molar-refractivity contribution in [3.63, 3.8) is 0 Å². The molecule has 2 unspecified atom stereocenters. The third-order valence-corrected chi connectivity index (χ3v) is 5.57. The van der Waals surface area contributed by atoms with E-state index in [1.807, 2.05) is 24.3 Å². The largest absolute Gasteiger partial charge is 0.398 e. The number of hydrogen-bond donors (Lipinski definition) is 1. The van der Waals surface area contributed by atoms with Crippen molar-refractivity contribution in [2.45, 2.75) is 17.4 Å². The molecule has 2 atom stereocenters. The molecular formula is C16H16BrNO2S. The fourth-order valence-electron chi connectivity index (χ4n) is 2.57.